The second-order valence-corrected chi connectivity index (χ2v) is 1.71. The highest BCUT2D eigenvalue weighted by atomic mass is 16.2. The van der Waals surface area contributed by atoms with Gasteiger partial charge in [0, 0.05) is 19.6 Å². The van der Waals surface area contributed by atoms with Crippen LogP contribution in [0.4, 0.5) is 4.79 Å². The standard InChI is InChI=1S/C5H13N3O/c1-2-8(4-3-6)5(7)9/h2-4,6H2,1H3,(H2,7,9). The van der Waals surface area contributed by atoms with E-state index < -0.39 is 6.03 Å². The van der Waals surface area contributed by atoms with E-state index in [9.17, 15) is 4.79 Å². The summed E-state index contributed by atoms with van der Waals surface area (Å²) < 4.78 is 0. The van der Waals surface area contributed by atoms with Gasteiger partial charge in [0.15, 0.2) is 0 Å². The van der Waals surface area contributed by atoms with Gasteiger partial charge in [-0.3, -0.25) is 0 Å². The second kappa shape index (κ2) is 4.14. The number of rotatable bonds is 3. The van der Waals surface area contributed by atoms with Crippen LogP contribution >= 0.6 is 0 Å². The van der Waals surface area contributed by atoms with E-state index in [0.29, 0.717) is 19.6 Å². The van der Waals surface area contributed by atoms with E-state index in [4.69, 9.17) is 11.5 Å². The Labute approximate surface area is 54.8 Å². The quantitative estimate of drug-likeness (QED) is 0.534. The maximum absolute atomic E-state index is 10.4. The first kappa shape index (κ1) is 8.23. The van der Waals surface area contributed by atoms with Crippen molar-refractivity contribution in [3.05, 3.63) is 0 Å². The summed E-state index contributed by atoms with van der Waals surface area (Å²) in [5, 5.41) is 0. The summed E-state index contributed by atoms with van der Waals surface area (Å²) in [7, 11) is 0. The Morgan fingerprint density at radius 3 is 2.33 bits per heavy atom. The van der Waals surface area contributed by atoms with Crippen LogP contribution in [0.2, 0.25) is 0 Å². The molecule has 0 bridgehead atoms. The molecule has 9 heavy (non-hydrogen) atoms. The molecule has 0 spiro atoms. The number of hydrogen-bond donors (Lipinski definition) is 2. The van der Waals surface area contributed by atoms with Gasteiger partial charge in [0.2, 0.25) is 0 Å². The molecule has 0 aromatic heterocycles. The highest BCUT2D eigenvalue weighted by Crippen LogP contribution is 1.82. The van der Waals surface area contributed by atoms with Gasteiger partial charge >= 0.3 is 6.03 Å². The molecule has 0 aliphatic rings. The van der Waals surface area contributed by atoms with Gasteiger partial charge in [-0.2, -0.15) is 0 Å². The number of likely N-dealkylation sites (N-methyl/N-ethyl adjacent to an activating group) is 1. The van der Waals surface area contributed by atoms with Crippen LogP contribution in [0.1, 0.15) is 6.92 Å². The van der Waals surface area contributed by atoms with Crippen LogP contribution in [0.5, 0.6) is 0 Å². The molecular formula is C5H13N3O. The molecule has 0 aliphatic heterocycles. The first-order valence-corrected chi connectivity index (χ1v) is 2.96. The summed E-state index contributed by atoms with van der Waals surface area (Å²) in [6.07, 6.45) is 0. The van der Waals surface area contributed by atoms with E-state index in [-0.39, 0.29) is 0 Å². The van der Waals surface area contributed by atoms with Gasteiger partial charge in [0.25, 0.3) is 0 Å². The third-order valence-corrected chi connectivity index (χ3v) is 1.09. The first-order valence-electron chi connectivity index (χ1n) is 2.96. The van der Waals surface area contributed by atoms with Crippen molar-refractivity contribution in [2.24, 2.45) is 11.5 Å². The van der Waals surface area contributed by atoms with Gasteiger partial charge in [-0.25, -0.2) is 4.79 Å². The smallest absolute Gasteiger partial charge is 0.314 e. The van der Waals surface area contributed by atoms with Crippen molar-refractivity contribution < 1.29 is 4.79 Å². The fourth-order valence-electron chi connectivity index (χ4n) is 0.580. The maximum atomic E-state index is 10.4. The Kier molecular flexibility index (Phi) is 3.79. The van der Waals surface area contributed by atoms with Crippen molar-refractivity contribution in [3.63, 3.8) is 0 Å². The molecule has 0 aromatic carbocycles. The predicted octanol–water partition coefficient (Wildman–Crippen LogP) is -0.654. The molecule has 0 atom stereocenters. The van der Waals surface area contributed by atoms with E-state index in [2.05, 4.69) is 0 Å². The van der Waals surface area contributed by atoms with Crippen LogP contribution in [-0.4, -0.2) is 30.6 Å². The molecule has 4 N–H and O–H groups in total. The van der Waals surface area contributed by atoms with Gasteiger partial charge in [0.1, 0.15) is 0 Å². The van der Waals surface area contributed by atoms with Crippen molar-refractivity contribution in [2.45, 2.75) is 6.92 Å². The van der Waals surface area contributed by atoms with Gasteiger partial charge in [-0.05, 0) is 6.92 Å². The fraction of sp³-hybridized carbons (Fsp3) is 0.800. The second-order valence-electron chi connectivity index (χ2n) is 1.71. The van der Waals surface area contributed by atoms with Crippen molar-refractivity contribution in [3.8, 4) is 0 Å². The highest BCUT2D eigenvalue weighted by molar-refractivity contribution is 5.71. The Balaban J connectivity index is 3.54. The SMILES string of the molecule is CCN(CCN)C(N)=O. The van der Waals surface area contributed by atoms with Gasteiger partial charge in [0.05, 0.1) is 0 Å². The lowest BCUT2D eigenvalue weighted by atomic mass is 10.5. The monoisotopic (exact) mass is 131 g/mol. The number of urea groups is 1. The van der Waals surface area contributed by atoms with Crippen LogP contribution in [-0.2, 0) is 0 Å². The van der Waals surface area contributed by atoms with E-state index in [1.54, 1.807) is 0 Å². The minimum absolute atomic E-state index is 0.400. The number of carbonyl (C=O) groups is 1. The Hall–Kier alpha value is -0.770. The zero-order valence-electron chi connectivity index (χ0n) is 5.63. The molecule has 0 rings (SSSR count). The van der Waals surface area contributed by atoms with Crippen LogP contribution in [0.15, 0.2) is 0 Å². The molecule has 0 unspecified atom stereocenters. The molecule has 2 amide bonds. The number of primary amides is 1. The van der Waals surface area contributed by atoms with Gasteiger partial charge in [-0.1, -0.05) is 0 Å². The zero-order chi connectivity index (χ0) is 7.28. The minimum atomic E-state index is -0.400. The van der Waals surface area contributed by atoms with Crippen LogP contribution < -0.4 is 11.5 Å². The minimum Gasteiger partial charge on any atom is -0.351 e. The summed E-state index contributed by atoms with van der Waals surface area (Å²) in [6, 6.07) is -0.400. The Morgan fingerprint density at radius 2 is 2.22 bits per heavy atom. The Bertz CT molecular complexity index is 94.2. The summed E-state index contributed by atoms with van der Waals surface area (Å²) in [5.74, 6) is 0. The molecule has 4 nitrogen and oxygen atoms in total. The fourth-order valence-corrected chi connectivity index (χ4v) is 0.580. The van der Waals surface area contributed by atoms with Crippen LogP contribution in [0.3, 0.4) is 0 Å². The molecular weight excluding hydrogens is 118 g/mol. The average Bonchev–Trinajstić information content (AvgIpc) is 1.82. The number of nitrogens with zero attached hydrogens (tertiary/aromatic N) is 1. The summed E-state index contributed by atoms with van der Waals surface area (Å²) in [4.78, 5) is 11.9. The van der Waals surface area contributed by atoms with Crippen molar-refractivity contribution in [2.75, 3.05) is 19.6 Å². The van der Waals surface area contributed by atoms with Gasteiger partial charge in [-0.15, -0.1) is 0 Å². The third-order valence-electron chi connectivity index (χ3n) is 1.09. The van der Waals surface area contributed by atoms with E-state index >= 15 is 0 Å². The number of amides is 2. The number of hydrogen-bond acceptors (Lipinski definition) is 2. The van der Waals surface area contributed by atoms with E-state index in [1.165, 1.54) is 4.90 Å². The van der Waals surface area contributed by atoms with E-state index in [1.807, 2.05) is 6.92 Å². The van der Waals surface area contributed by atoms with Crippen molar-refractivity contribution in [1.82, 2.24) is 4.90 Å². The zero-order valence-corrected chi connectivity index (χ0v) is 5.63. The van der Waals surface area contributed by atoms with Crippen molar-refractivity contribution >= 4 is 6.03 Å². The lowest BCUT2D eigenvalue weighted by Gasteiger charge is -2.15. The summed E-state index contributed by atoms with van der Waals surface area (Å²) in [5.41, 5.74) is 10.2. The largest absolute Gasteiger partial charge is 0.351 e. The molecule has 0 heterocycles. The first-order chi connectivity index (χ1) is 4.22. The molecule has 0 radical (unpaired) electrons. The lowest BCUT2D eigenvalue weighted by Crippen LogP contribution is -2.38. The molecule has 54 valence electrons. The average molecular weight is 131 g/mol. The Morgan fingerprint density at radius 1 is 1.67 bits per heavy atom. The molecule has 0 saturated heterocycles. The van der Waals surface area contributed by atoms with Gasteiger partial charge < -0.3 is 16.4 Å². The van der Waals surface area contributed by atoms with Crippen LogP contribution in [0.25, 0.3) is 0 Å². The molecule has 0 saturated carbocycles. The molecule has 0 fully saturated rings. The number of carbonyl (C=O) groups excluding carboxylic acids is 1. The molecule has 0 aliphatic carbocycles. The topological polar surface area (TPSA) is 72.3 Å². The predicted molar refractivity (Wildman–Crippen MR) is 35.9 cm³/mol. The molecule has 0 aromatic rings. The number of nitrogens with two attached hydrogens (primary N) is 2. The highest BCUT2D eigenvalue weighted by Gasteiger charge is 2.02. The third kappa shape index (κ3) is 2.92. The normalized spacial score (nSPS) is 9.11. The molecule has 4 heteroatoms. The summed E-state index contributed by atoms with van der Waals surface area (Å²) in [6.45, 7) is 3.51. The van der Waals surface area contributed by atoms with Crippen LogP contribution in [0, 0.1) is 0 Å². The van der Waals surface area contributed by atoms with E-state index in [0.717, 1.165) is 0 Å². The maximum Gasteiger partial charge on any atom is 0.314 e. The van der Waals surface area contributed by atoms with Crippen molar-refractivity contribution in [1.29, 1.82) is 0 Å². The lowest BCUT2D eigenvalue weighted by molar-refractivity contribution is 0.212. The summed E-state index contributed by atoms with van der Waals surface area (Å²) >= 11 is 0.